The van der Waals surface area contributed by atoms with Gasteiger partial charge in [0, 0.05) is 30.0 Å². The molecule has 2 heterocycles. The molecule has 140 valence electrons. The van der Waals surface area contributed by atoms with E-state index in [1.54, 1.807) is 0 Å². The number of benzene rings is 2. The van der Waals surface area contributed by atoms with Crippen LogP contribution in [0.2, 0.25) is 0 Å². The quantitative estimate of drug-likeness (QED) is 0.686. The molecule has 4 heteroatoms. The van der Waals surface area contributed by atoms with Gasteiger partial charge in [0.05, 0.1) is 11.4 Å². The van der Waals surface area contributed by atoms with E-state index in [-0.39, 0.29) is 6.17 Å². The third kappa shape index (κ3) is 2.99. The molecule has 1 N–H and O–H groups in total. The van der Waals surface area contributed by atoms with Crippen LogP contribution in [-0.4, -0.2) is 22.9 Å². The highest BCUT2D eigenvalue weighted by molar-refractivity contribution is 5.82. The first-order valence-corrected chi connectivity index (χ1v) is 9.81. The molecule has 1 aliphatic heterocycles. The molecule has 3 aromatic rings. The Bertz CT molecular complexity index is 965. The van der Waals surface area contributed by atoms with E-state index in [0.29, 0.717) is 0 Å². The maximum absolute atomic E-state index is 4.80. The van der Waals surface area contributed by atoms with Crippen molar-refractivity contribution in [3.63, 3.8) is 0 Å². The molecule has 1 atom stereocenters. The second-order valence-corrected chi connectivity index (χ2v) is 7.43. The van der Waals surface area contributed by atoms with Gasteiger partial charge in [-0.15, -0.1) is 0 Å². The topological polar surface area (TPSA) is 33.1 Å². The normalized spacial score (nSPS) is 15.1. The molecule has 27 heavy (non-hydrogen) atoms. The van der Waals surface area contributed by atoms with Gasteiger partial charge in [0.25, 0.3) is 0 Å². The summed E-state index contributed by atoms with van der Waals surface area (Å²) in [6.45, 7) is 12.8. The van der Waals surface area contributed by atoms with E-state index in [2.05, 4.69) is 92.0 Å². The Labute approximate surface area is 161 Å². The first kappa shape index (κ1) is 17.7. The Hall–Kier alpha value is -2.75. The lowest BCUT2D eigenvalue weighted by atomic mass is 9.98. The summed E-state index contributed by atoms with van der Waals surface area (Å²) in [7, 11) is 0. The highest BCUT2D eigenvalue weighted by atomic mass is 15.4. The molecule has 0 radical (unpaired) electrons. The van der Waals surface area contributed by atoms with E-state index in [1.807, 2.05) is 0 Å². The first-order valence-electron chi connectivity index (χ1n) is 9.81. The minimum atomic E-state index is 0.00774. The van der Waals surface area contributed by atoms with Crippen molar-refractivity contribution < 1.29 is 0 Å². The number of nitrogens with zero attached hydrogens (tertiary/aromatic N) is 3. The lowest BCUT2D eigenvalue weighted by molar-refractivity contribution is 0.570. The number of anilines is 2. The zero-order chi connectivity index (χ0) is 19.1. The number of aryl methyl sites for hydroxylation is 3. The Morgan fingerprint density at radius 3 is 2.37 bits per heavy atom. The molecule has 0 amide bonds. The predicted molar refractivity (Wildman–Crippen MR) is 114 cm³/mol. The minimum absolute atomic E-state index is 0.00774. The van der Waals surface area contributed by atoms with Crippen molar-refractivity contribution in [1.82, 2.24) is 9.78 Å². The van der Waals surface area contributed by atoms with Gasteiger partial charge in [-0.1, -0.05) is 23.8 Å². The Kier molecular flexibility index (Phi) is 4.42. The molecule has 0 saturated carbocycles. The summed E-state index contributed by atoms with van der Waals surface area (Å²) < 4.78 is 2.13. The van der Waals surface area contributed by atoms with Gasteiger partial charge in [0.1, 0.15) is 6.17 Å². The zero-order valence-electron chi connectivity index (χ0n) is 16.9. The van der Waals surface area contributed by atoms with Gasteiger partial charge in [-0.2, -0.15) is 5.10 Å². The molecule has 0 bridgehead atoms. The molecule has 2 aromatic carbocycles. The molecule has 4 rings (SSSR count). The second-order valence-electron chi connectivity index (χ2n) is 7.43. The van der Waals surface area contributed by atoms with E-state index in [9.17, 15) is 0 Å². The SMILES string of the molecule is CCN(CC)c1ccc(C2Nc3c(C)cc(C)cc3-c3cc(C)nn32)cc1. The highest BCUT2D eigenvalue weighted by Crippen LogP contribution is 2.41. The van der Waals surface area contributed by atoms with E-state index in [1.165, 1.54) is 39.3 Å². The predicted octanol–water partition coefficient (Wildman–Crippen LogP) is 5.29. The molecule has 1 aromatic heterocycles. The molecule has 4 nitrogen and oxygen atoms in total. The molecule has 1 unspecified atom stereocenters. The van der Waals surface area contributed by atoms with Crippen LogP contribution in [0.25, 0.3) is 11.3 Å². The van der Waals surface area contributed by atoms with Gasteiger partial charge >= 0.3 is 0 Å². The lowest BCUT2D eigenvalue weighted by Gasteiger charge is -2.31. The van der Waals surface area contributed by atoms with E-state index in [4.69, 9.17) is 5.10 Å². The number of fused-ring (bicyclic) bond motifs is 3. The van der Waals surface area contributed by atoms with Crippen molar-refractivity contribution in [2.45, 2.75) is 40.8 Å². The fourth-order valence-corrected chi connectivity index (χ4v) is 4.15. The summed E-state index contributed by atoms with van der Waals surface area (Å²) in [5.74, 6) is 0. The van der Waals surface area contributed by atoms with Crippen LogP contribution in [0.4, 0.5) is 11.4 Å². The first-order chi connectivity index (χ1) is 13.0. The second kappa shape index (κ2) is 6.76. The summed E-state index contributed by atoms with van der Waals surface area (Å²) >= 11 is 0. The smallest absolute Gasteiger partial charge is 0.147 e. The largest absolute Gasteiger partial charge is 0.372 e. The molecule has 0 aliphatic carbocycles. The minimum Gasteiger partial charge on any atom is -0.372 e. The third-order valence-corrected chi connectivity index (χ3v) is 5.48. The maximum Gasteiger partial charge on any atom is 0.147 e. The van der Waals surface area contributed by atoms with Crippen LogP contribution in [0.5, 0.6) is 0 Å². The molecular formula is C23H28N4. The summed E-state index contributed by atoms with van der Waals surface area (Å²) in [5, 5.41) is 8.54. The van der Waals surface area contributed by atoms with Crippen LogP contribution in [0.15, 0.2) is 42.5 Å². The van der Waals surface area contributed by atoms with Crippen molar-refractivity contribution >= 4 is 11.4 Å². The van der Waals surface area contributed by atoms with Crippen LogP contribution in [0.1, 0.15) is 42.4 Å². The van der Waals surface area contributed by atoms with Gasteiger partial charge in [-0.3, -0.25) is 0 Å². The van der Waals surface area contributed by atoms with Gasteiger partial charge < -0.3 is 10.2 Å². The summed E-state index contributed by atoms with van der Waals surface area (Å²) in [5.41, 5.74) is 9.73. The van der Waals surface area contributed by atoms with E-state index in [0.717, 1.165) is 18.8 Å². The average Bonchev–Trinajstić information content (AvgIpc) is 3.05. The summed E-state index contributed by atoms with van der Waals surface area (Å²) in [6, 6.07) is 15.6. The molecule has 0 saturated heterocycles. The standard InChI is InChI=1S/C23H28N4/c1-6-26(7-2)19-10-8-18(9-11-19)23-24-22-16(4)12-15(3)13-20(22)21-14-17(5)25-27(21)23/h8-14,23-24H,6-7H2,1-5H3. The van der Waals surface area contributed by atoms with Crippen molar-refractivity contribution in [3.05, 3.63) is 64.8 Å². The van der Waals surface area contributed by atoms with Crippen LogP contribution >= 0.6 is 0 Å². The van der Waals surface area contributed by atoms with Gasteiger partial charge in [-0.25, -0.2) is 4.68 Å². The van der Waals surface area contributed by atoms with Gasteiger partial charge in [0.15, 0.2) is 0 Å². The van der Waals surface area contributed by atoms with Crippen LogP contribution < -0.4 is 10.2 Å². The lowest BCUT2D eigenvalue weighted by Crippen LogP contribution is -2.26. The number of hydrogen-bond acceptors (Lipinski definition) is 3. The number of aromatic nitrogens is 2. The highest BCUT2D eigenvalue weighted by Gasteiger charge is 2.27. The van der Waals surface area contributed by atoms with Gasteiger partial charge in [-0.05, 0) is 70.0 Å². The fraction of sp³-hybridized carbons (Fsp3) is 0.348. The third-order valence-electron chi connectivity index (χ3n) is 5.48. The number of hydrogen-bond donors (Lipinski definition) is 1. The van der Waals surface area contributed by atoms with E-state index >= 15 is 0 Å². The van der Waals surface area contributed by atoms with Crippen LogP contribution in [-0.2, 0) is 0 Å². The zero-order valence-corrected chi connectivity index (χ0v) is 16.9. The summed E-state index contributed by atoms with van der Waals surface area (Å²) in [6.07, 6.45) is 0.00774. The number of rotatable bonds is 4. The molecule has 0 fully saturated rings. The Morgan fingerprint density at radius 2 is 1.70 bits per heavy atom. The van der Waals surface area contributed by atoms with Crippen molar-refractivity contribution in [1.29, 1.82) is 0 Å². The molecule has 0 spiro atoms. The Balaban J connectivity index is 1.78. The van der Waals surface area contributed by atoms with Crippen molar-refractivity contribution in [2.24, 2.45) is 0 Å². The van der Waals surface area contributed by atoms with Crippen LogP contribution in [0.3, 0.4) is 0 Å². The summed E-state index contributed by atoms with van der Waals surface area (Å²) in [4.78, 5) is 2.36. The van der Waals surface area contributed by atoms with E-state index < -0.39 is 0 Å². The Morgan fingerprint density at radius 1 is 1.00 bits per heavy atom. The molecular weight excluding hydrogens is 332 g/mol. The molecule has 1 aliphatic rings. The number of nitrogens with one attached hydrogen (secondary N) is 1. The fourth-order valence-electron chi connectivity index (χ4n) is 4.15. The average molecular weight is 361 g/mol. The maximum atomic E-state index is 4.80. The van der Waals surface area contributed by atoms with Gasteiger partial charge in [0.2, 0.25) is 0 Å². The van der Waals surface area contributed by atoms with Crippen molar-refractivity contribution in [3.8, 4) is 11.3 Å². The monoisotopic (exact) mass is 360 g/mol. The van der Waals surface area contributed by atoms with Crippen LogP contribution in [0, 0.1) is 20.8 Å². The van der Waals surface area contributed by atoms with Crippen molar-refractivity contribution in [2.75, 3.05) is 23.3 Å².